The van der Waals surface area contributed by atoms with E-state index >= 15 is 0 Å². The van der Waals surface area contributed by atoms with E-state index in [2.05, 4.69) is 52.0 Å². The summed E-state index contributed by atoms with van der Waals surface area (Å²) in [5.41, 5.74) is 0. The highest BCUT2D eigenvalue weighted by Crippen LogP contribution is 2.11. The van der Waals surface area contributed by atoms with E-state index in [1.807, 2.05) is 0 Å². The molecule has 258 valence electrons. The summed E-state index contributed by atoms with van der Waals surface area (Å²) in [6, 6.07) is 0. The molecular weight excluding hydrogens is 528 g/mol. The monoisotopic (exact) mass is 609 g/mol. The summed E-state index contributed by atoms with van der Waals surface area (Å²) in [4.78, 5) is 0. The van der Waals surface area contributed by atoms with Crippen LogP contribution in [0.3, 0.4) is 0 Å². The molecule has 0 saturated heterocycles. The lowest BCUT2D eigenvalue weighted by Crippen LogP contribution is -2.06. The molecule has 0 atom stereocenters. The third kappa shape index (κ3) is 48.5. The molecule has 0 bridgehead atoms. The van der Waals surface area contributed by atoms with E-state index in [1.54, 1.807) is 0 Å². The molecule has 0 aliphatic rings. The van der Waals surface area contributed by atoms with Crippen LogP contribution in [0.2, 0.25) is 0 Å². The number of ether oxygens (including phenoxy) is 3. The lowest BCUT2D eigenvalue weighted by molar-refractivity contribution is -0.131. The number of rotatable bonds is 35. The van der Waals surface area contributed by atoms with Crippen molar-refractivity contribution in [3.8, 4) is 0 Å². The van der Waals surface area contributed by atoms with Crippen LogP contribution in [0.4, 0.5) is 0 Å². The molecule has 0 fully saturated rings. The molecule has 0 heterocycles. The summed E-state index contributed by atoms with van der Waals surface area (Å²) in [7, 11) is 0. The molecular formula is C40H80O3. The fourth-order valence-electron chi connectivity index (χ4n) is 5.02. The Hall–Kier alpha value is -0.640. The van der Waals surface area contributed by atoms with Gasteiger partial charge in [0.25, 0.3) is 0 Å². The minimum Gasteiger partial charge on any atom is -0.355 e. The molecule has 0 aromatic rings. The highest BCUT2D eigenvalue weighted by Gasteiger charge is 1.95. The van der Waals surface area contributed by atoms with Crippen LogP contribution < -0.4 is 0 Å². The summed E-state index contributed by atoms with van der Waals surface area (Å²) >= 11 is 0. The lowest BCUT2D eigenvalue weighted by Gasteiger charge is -2.07. The molecule has 0 aromatic carbocycles. The average molecular weight is 609 g/mol. The van der Waals surface area contributed by atoms with Gasteiger partial charge in [0.05, 0.1) is 0 Å². The normalized spacial score (nSPS) is 11.5. The number of hydrogen-bond acceptors (Lipinski definition) is 3. The van der Waals surface area contributed by atoms with Gasteiger partial charge in [-0.1, -0.05) is 180 Å². The predicted octanol–water partition coefficient (Wildman–Crippen LogP) is 14.1. The van der Waals surface area contributed by atoms with Gasteiger partial charge in [0, 0.05) is 13.2 Å². The van der Waals surface area contributed by atoms with Crippen LogP contribution in [-0.2, 0) is 14.2 Å². The van der Waals surface area contributed by atoms with Crippen molar-refractivity contribution in [1.82, 2.24) is 0 Å². The Morgan fingerprint density at radius 3 is 1.02 bits per heavy atom. The highest BCUT2D eigenvalue weighted by atomic mass is 16.7. The SMILES string of the molecule is CC/C=C/CCCCCCCC/C=C/CCCC.CCCCCCCCCCOCOCOCCCCCCCCCC. The zero-order chi connectivity index (χ0) is 31.6. The van der Waals surface area contributed by atoms with Crippen molar-refractivity contribution in [1.29, 1.82) is 0 Å². The summed E-state index contributed by atoms with van der Waals surface area (Å²) in [5.74, 6) is 0. The third-order valence-electron chi connectivity index (χ3n) is 7.90. The molecule has 0 N–H and O–H groups in total. The van der Waals surface area contributed by atoms with Crippen LogP contribution in [0.5, 0.6) is 0 Å². The molecule has 3 nitrogen and oxygen atoms in total. The van der Waals surface area contributed by atoms with Gasteiger partial charge >= 0.3 is 0 Å². The average Bonchev–Trinajstić information content (AvgIpc) is 3.02. The van der Waals surface area contributed by atoms with Gasteiger partial charge < -0.3 is 14.2 Å². The van der Waals surface area contributed by atoms with Gasteiger partial charge in [-0.05, 0) is 51.4 Å². The summed E-state index contributed by atoms with van der Waals surface area (Å²) in [5, 5.41) is 0. The van der Waals surface area contributed by atoms with Crippen molar-refractivity contribution in [2.45, 2.75) is 207 Å². The Morgan fingerprint density at radius 1 is 0.302 bits per heavy atom. The first kappa shape index (κ1) is 44.5. The highest BCUT2D eigenvalue weighted by molar-refractivity contribution is 4.81. The zero-order valence-corrected chi connectivity index (χ0v) is 30.2. The van der Waals surface area contributed by atoms with Gasteiger partial charge in [0.2, 0.25) is 0 Å². The van der Waals surface area contributed by atoms with Crippen molar-refractivity contribution in [3.63, 3.8) is 0 Å². The Labute approximate surface area is 272 Å². The Balaban J connectivity index is 0. The van der Waals surface area contributed by atoms with Gasteiger partial charge in [0.15, 0.2) is 0 Å². The fraction of sp³-hybridized carbons (Fsp3) is 0.900. The van der Waals surface area contributed by atoms with Gasteiger partial charge in [-0.2, -0.15) is 0 Å². The molecule has 0 aromatic heterocycles. The van der Waals surface area contributed by atoms with E-state index in [9.17, 15) is 0 Å². The Morgan fingerprint density at radius 2 is 0.628 bits per heavy atom. The smallest absolute Gasteiger partial charge is 0.149 e. The van der Waals surface area contributed by atoms with E-state index in [0.29, 0.717) is 13.6 Å². The molecule has 3 heteroatoms. The first-order chi connectivity index (χ1) is 21.3. The van der Waals surface area contributed by atoms with E-state index in [0.717, 1.165) is 26.1 Å². The number of unbranched alkanes of at least 4 members (excludes halogenated alkanes) is 23. The van der Waals surface area contributed by atoms with Crippen molar-refractivity contribution in [2.75, 3.05) is 26.8 Å². The second-order valence-electron chi connectivity index (χ2n) is 12.4. The van der Waals surface area contributed by atoms with Crippen LogP contribution >= 0.6 is 0 Å². The molecule has 0 spiro atoms. The third-order valence-corrected chi connectivity index (χ3v) is 7.90. The maximum absolute atomic E-state index is 5.47. The van der Waals surface area contributed by atoms with Crippen molar-refractivity contribution >= 4 is 0 Å². The molecule has 0 amide bonds. The molecule has 0 saturated carbocycles. The Kier molecular flexibility index (Phi) is 47.4. The van der Waals surface area contributed by atoms with Gasteiger partial charge in [0.1, 0.15) is 13.6 Å². The summed E-state index contributed by atoms with van der Waals surface area (Å²) in [6.45, 7) is 11.3. The maximum atomic E-state index is 5.47. The molecule has 0 aliphatic heterocycles. The minimum atomic E-state index is 0.369. The lowest BCUT2D eigenvalue weighted by atomic mass is 10.1. The van der Waals surface area contributed by atoms with Crippen LogP contribution in [0, 0.1) is 0 Å². The van der Waals surface area contributed by atoms with Crippen LogP contribution in [0.25, 0.3) is 0 Å². The summed E-state index contributed by atoms with van der Waals surface area (Å²) < 4.78 is 16.3. The van der Waals surface area contributed by atoms with E-state index in [4.69, 9.17) is 14.2 Å². The Bertz CT molecular complexity index is 480. The van der Waals surface area contributed by atoms with Crippen LogP contribution in [-0.4, -0.2) is 26.8 Å². The molecule has 0 unspecified atom stereocenters. The van der Waals surface area contributed by atoms with Gasteiger partial charge in [-0.3, -0.25) is 0 Å². The van der Waals surface area contributed by atoms with Gasteiger partial charge in [-0.25, -0.2) is 0 Å². The molecule has 0 radical (unpaired) electrons. The fourth-order valence-corrected chi connectivity index (χ4v) is 5.02. The van der Waals surface area contributed by atoms with E-state index < -0.39 is 0 Å². The van der Waals surface area contributed by atoms with Crippen LogP contribution in [0.15, 0.2) is 24.3 Å². The number of hydrogen-bond donors (Lipinski definition) is 0. The van der Waals surface area contributed by atoms with Crippen molar-refractivity contribution < 1.29 is 14.2 Å². The van der Waals surface area contributed by atoms with Gasteiger partial charge in [-0.15, -0.1) is 0 Å². The predicted molar refractivity (Wildman–Crippen MR) is 193 cm³/mol. The first-order valence-electron chi connectivity index (χ1n) is 19.4. The molecule has 0 rings (SSSR count). The van der Waals surface area contributed by atoms with Crippen molar-refractivity contribution in [3.05, 3.63) is 24.3 Å². The zero-order valence-electron chi connectivity index (χ0n) is 30.2. The standard InChI is InChI=1S/C22H46O3.C18H34/c1-3-5-7-9-11-13-15-17-19-23-21-25-22-24-20-18-16-14-12-10-8-6-4-2;1-3-5-7-9-11-13-15-17-18-16-14-12-10-8-6-4-2/h3-22H2,1-2H3;5,7,10,12H,3-4,6,8-9,11,13-18H2,1-2H3/b;7-5+,12-10+. The van der Waals surface area contributed by atoms with Crippen molar-refractivity contribution in [2.24, 2.45) is 0 Å². The molecule has 0 aliphatic carbocycles. The quantitative estimate of drug-likeness (QED) is 0.0407. The maximum Gasteiger partial charge on any atom is 0.149 e. The largest absolute Gasteiger partial charge is 0.355 e. The topological polar surface area (TPSA) is 27.7 Å². The second kappa shape index (κ2) is 45.8. The first-order valence-corrected chi connectivity index (χ1v) is 19.4. The number of allylic oxidation sites excluding steroid dienone is 4. The van der Waals surface area contributed by atoms with E-state index in [-0.39, 0.29) is 0 Å². The van der Waals surface area contributed by atoms with Crippen LogP contribution in [0.1, 0.15) is 207 Å². The summed E-state index contributed by atoms with van der Waals surface area (Å²) in [6.07, 6.45) is 46.9. The van der Waals surface area contributed by atoms with E-state index in [1.165, 1.54) is 167 Å². The molecule has 43 heavy (non-hydrogen) atoms. The minimum absolute atomic E-state index is 0.369. The second-order valence-corrected chi connectivity index (χ2v) is 12.4.